The highest BCUT2D eigenvalue weighted by molar-refractivity contribution is 5.48. The van der Waals surface area contributed by atoms with E-state index in [4.69, 9.17) is 9.72 Å². The van der Waals surface area contributed by atoms with Crippen molar-refractivity contribution in [3.63, 3.8) is 0 Å². The average molecular weight is 247 g/mol. The molecule has 1 aromatic heterocycles. The monoisotopic (exact) mass is 247 g/mol. The lowest BCUT2D eigenvalue weighted by Gasteiger charge is -2.25. The third-order valence-electron chi connectivity index (χ3n) is 4.18. The molecule has 4 heteroatoms. The van der Waals surface area contributed by atoms with E-state index in [1.54, 1.807) is 7.11 Å². The number of rotatable bonds is 3. The maximum absolute atomic E-state index is 5.39. The molecule has 4 nitrogen and oxygen atoms in total. The quantitative estimate of drug-likeness (QED) is 0.877. The van der Waals surface area contributed by atoms with Gasteiger partial charge < -0.3 is 15.0 Å². The van der Waals surface area contributed by atoms with Crippen LogP contribution in [0.5, 0.6) is 5.75 Å². The molecule has 98 valence electrons. The summed E-state index contributed by atoms with van der Waals surface area (Å²) in [5.41, 5.74) is 1.11. The van der Waals surface area contributed by atoms with Crippen LogP contribution in [0, 0.1) is 5.92 Å². The predicted molar refractivity (Wildman–Crippen MR) is 72.3 cm³/mol. The van der Waals surface area contributed by atoms with E-state index in [1.807, 2.05) is 6.07 Å². The van der Waals surface area contributed by atoms with Crippen LogP contribution in [0.4, 0.5) is 5.82 Å². The molecule has 3 rings (SSSR count). The zero-order valence-electron chi connectivity index (χ0n) is 11.1. The molecule has 1 N–H and O–H groups in total. The first kappa shape index (κ1) is 11.8. The first-order chi connectivity index (χ1) is 8.81. The molecule has 2 fully saturated rings. The van der Waals surface area contributed by atoms with Gasteiger partial charge in [0, 0.05) is 43.5 Å². The van der Waals surface area contributed by atoms with Crippen molar-refractivity contribution in [3.05, 3.63) is 17.8 Å². The van der Waals surface area contributed by atoms with E-state index in [-0.39, 0.29) is 0 Å². The summed E-state index contributed by atoms with van der Waals surface area (Å²) in [7, 11) is 1.72. The highest BCUT2D eigenvalue weighted by Crippen LogP contribution is 2.32. The minimum absolute atomic E-state index is 0.620. The standard InChI is InChI=1S/C14H21N3O/c1-3-11-6-12(18-2)7-14(16-11)17-5-4-10-8-15-9-13(10)17/h6-7,10,13,15H,3-5,8-9H2,1-2H3/t10-,13+/m0/s1. The lowest BCUT2D eigenvalue weighted by atomic mass is 10.1. The molecule has 0 unspecified atom stereocenters. The molecule has 0 aliphatic carbocycles. The highest BCUT2D eigenvalue weighted by Gasteiger charge is 2.38. The molecule has 0 aromatic carbocycles. The van der Waals surface area contributed by atoms with Crippen molar-refractivity contribution in [2.45, 2.75) is 25.8 Å². The van der Waals surface area contributed by atoms with Gasteiger partial charge >= 0.3 is 0 Å². The molecule has 0 spiro atoms. The molecule has 1 aromatic rings. The van der Waals surface area contributed by atoms with Crippen LogP contribution >= 0.6 is 0 Å². The Morgan fingerprint density at radius 1 is 1.44 bits per heavy atom. The lowest BCUT2D eigenvalue weighted by molar-refractivity contribution is 0.413. The Balaban J connectivity index is 1.91. The van der Waals surface area contributed by atoms with Crippen LogP contribution in [0.2, 0.25) is 0 Å². The van der Waals surface area contributed by atoms with Crippen molar-refractivity contribution >= 4 is 5.82 Å². The Bertz CT molecular complexity index is 413. The van der Waals surface area contributed by atoms with Crippen LogP contribution in [0.15, 0.2) is 12.1 Å². The van der Waals surface area contributed by atoms with Crippen molar-refractivity contribution in [2.75, 3.05) is 31.6 Å². The minimum atomic E-state index is 0.620. The first-order valence-electron chi connectivity index (χ1n) is 6.84. The van der Waals surface area contributed by atoms with Gasteiger partial charge in [-0.3, -0.25) is 0 Å². The maximum Gasteiger partial charge on any atom is 0.132 e. The Kier molecular flexibility index (Phi) is 3.12. The van der Waals surface area contributed by atoms with Crippen LogP contribution in [0.25, 0.3) is 0 Å². The maximum atomic E-state index is 5.39. The third kappa shape index (κ3) is 1.94. The molecule has 0 saturated carbocycles. The number of aryl methyl sites for hydroxylation is 1. The summed E-state index contributed by atoms with van der Waals surface area (Å²) >= 11 is 0. The molecule has 0 amide bonds. The van der Waals surface area contributed by atoms with Crippen molar-refractivity contribution in [3.8, 4) is 5.75 Å². The Morgan fingerprint density at radius 2 is 2.33 bits per heavy atom. The van der Waals surface area contributed by atoms with Crippen LogP contribution in [0.3, 0.4) is 0 Å². The smallest absolute Gasteiger partial charge is 0.132 e. The summed E-state index contributed by atoms with van der Waals surface area (Å²) in [4.78, 5) is 7.21. The van der Waals surface area contributed by atoms with Gasteiger partial charge in [0.25, 0.3) is 0 Å². The second-order valence-electron chi connectivity index (χ2n) is 5.18. The van der Waals surface area contributed by atoms with Crippen molar-refractivity contribution in [1.29, 1.82) is 0 Å². The highest BCUT2D eigenvalue weighted by atomic mass is 16.5. The molecule has 0 radical (unpaired) electrons. The first-order valence-corrected chi connectivity index (χ1v) is 6.84. The molecule has 3 heterocycles. The molecule has 2 aliphatic heterocycles. The number of nitrogens with zero attached hydrogens (tertiary/aromatic N) is 2. The number of nitrogens with one attached hydrogen (secondary N) is 1. The van der Waals surface area contributed by atoms with E-state index in [0.717, 1.165) is 49.2 Å². The zero-order valence-corrected chi connectivity index (χ0v) is 11.1. The van der Waals surface area contributed by atoms with E-state index in [0.29, 0.717) is 6.04 Å². The van der Waals surface area contributed by atoms with Crippen LogP contribution in [0.1, 0.15) is 19.0 Å². The fraction of sp³-hybridized carbons (Fsp3) is 0.643. The van der Waals surface area contributed by atoms with Gasteiger partial charge in [0.2, 0.25) is 0 Å². The van der Waals surface area contributed by atoms with E-state index in [1.165, 1.54) is 6.42 Å². The number of fused-ring (bicyclic) bond motifs is 1. The van der Waals surface area contributed by atoms with Crippen molar-refractivity contribution < 1.29 is 4.74 Å². The summed E-state index contributed by atoms with van der Waals surface area (Å²) in [6, 6.07) is 4.72. The normalized spacial score (nSPS) is 26.4. The van der Waals surface area contributed by atoms with Gasteiger partial charge in [0.15, 0.2) is 0 Å². The van der Waals surface area contributed by atoms with Gasteiger partial charge in [0.05, 0.1) is 7.11 Å². The average Bonchev–Trinajstić information content (AvgIpc) is 3.00. The van der Waals surface area contributed by atoms with E-state index >= 15 is 0 Å². The summed E-state index contributed by atoms with van der Waals surface area (Å²) in [5, 5.41) is 3.48. The molecule has 18 heavy (non-hydrogen) atoms. The van der Waals surface area contributed by atoms with Gasteiger partial charge in [-0.1, -0.05) is 6.92 Å². The van der Waals surface area contributed by atoms with Gasteiger partial charge in [-0.15, -0.1) is 0 Å². The summed E-state index contributed by atoms with van der Waals surface area (Å²) < 4.78 is 5.39. The van der Waals surface area contributed by atoms with Gasteiger partial charge in [-0.25, -0.2) is 4.98 Å². The summed E-state index contributed by atoms with van der Waals surface area (Å²) in [6.45, 7) is 5.51. The Morgan fingerprint density at radius 3 is 3.11 bits per heavy atom. The summed E-state index contributed by atoms with van der Waals surface area (Å²) in [6.07, 6.45) is 2.22. The topological polar surface area (TPSA) is 37.4 Å². The van der Waals surface area contributed by atoms with Crippen LogP contribution < -0.4 is 15.0 Å². The Labute approximate surface area is 108 Å². The molecule has 2 atom stereocenters. The number of hydrogen-bond donors (Lipinski definition) is 1. The summed E-state index contributed by atoms with van der Waals surface area (Å²) in [5.74, 6) is 2.80. The van der Waals surface area contributed by atoms with Crippen LogP contribution in [-0.2, 0) is 6.42 Å². The fourth-order valence-corrected chi connectivity index (χ4v) is 3.12. The molecule has 0 bridgehead atoms. The number of anilines is 1. The van der Waals surface area contributed by atoms with E-state index in [2.05, 4.69) is 23.2 Å². The molecule has 2 saturated heterocycles. The van der Waals surface area contributed by atoms with E-state index in [9.17, 15) is 0 Å². The fourth-order valence-electron chi connectivity index (χ4n) is 3.12. The lowest BCUT2D eigenvalue weighted by Crippen LogP contribution is -2.34. The number of ether oxygens (including phenoxy) is 1. The van der Waals surface area contributed by atoms with Gasteiger partial charge in [-0.05, 0) is 18.8 Å². The number of methoxy groups -OCH3 is 1. The minimum Gasteiger partial charge on any atom is -0.497 e. The second-order valence-corrected chi connectivity index (χ2v) is 5.18. The predicted octanol–water partition coefficient (Wildman–Crippen LogP) is 1.45. The zero-order chi connectivity index (χ0) is 12.5. The molecule has 2 aliphatic rings. The van der Waals surface area contributed by atoms with Crippen molar-refractivity contribution in [2.24, 2.45) is 5.92 Å². The van der Waals surface area contributed by atoms with Gasteiger partial charge in [0.1, 0.15) is 11.6 Å². The number of aromatic nitrogens is 1. The van der Waals surface area contributed by atoms with Crippen LogP contribution in [-0.4, -0.2) is 37.8 Å². The second kappa shape index (κ2) is 4.76. The number of pyridine rings is 1. The molecular formula is C14H21N3O. The molecular weight excluding hydrogens is 226 g/mol. The SMILES string of the molecule is CCc1cc(OC)cc(N2CC[C@H]3CNC[C@H]32)n1. The largest absolute Gasteiger partial charge is 0.497 e. The Hall–Kier alpha value is -1.29. The van der Waals surface area contributed by atoms with E-state index < -0.39 is 0 Å². The van der Waals surface area contributed by atoms with Crippen molar-refractivity contribution in [1.82, 2.24) is 10.3 Å². The van der Waals surface area contributed by atoms with Gasteiger partial charge in [-0.2, -0.15) is 0 Å². The number of hydrogen-bond acceptors (Lipinski definition) is 4. The third-order valence-corrected chi connectivity index (χ3v) is 4.18.